The van der Waals surface area contributed by atoms with Gasteiger partial charge < -0.3 is 5.32 Å². The zero-order chi connectivity index (χ0) is 13.2. The van der Waals surface area contributed by atoms with Crippen LogP contribution in [0.25, 0.3) is 0 Å². The molecule has 0 unspecified atom stereocenters. The van der Waals surface area contributed by atoms with Crippen LogP contribution in [0.2, 0.25) is 5.02 Å². The van der Waals surface area contributed by atoms with Crippen LogP contribution >= 0.6 is 11.6 Å². The van der Waals surface area contributed by atoms with E-state index in [2.05, 4.69) is 17.1 Å². The number of hydrogen-bond acceptors (Lipinski definition) is 2. The third-order valence-electron chi connectivity index (χ3n) is 3.99. The van der Waals surface area contributed by atoms with E-state index in [4.69, 9.17) is 11.6 Å². The summed E-state index contributed by atoms with van der Waals surface area (Å²) in [5, 5.41) is 3.64. The van der Waals surface area contributed by atoms with Crippen LogP contribution in [0.5, 0.6) is 0 Å². The van der Waals surface area contributed by atoms with Crippen molar-refractivity contribution in [3.05, 3.63) is 34.6 Å². The van der Waals surface area contributed by atoms with Gasteiger partial charge >= 0.3 is 0 Å². The molecule has 1 heterocycles. The van der Waals surface area contributed by atoms with E-state index in [0.717, 1.165) is 38.0 Å². The molecular weight excluding hydrogens is 251 g/mol. The van der Waals surface area contributed by atoms with Gasteiger partial charge in [-0.1, -0.05) is 23.7 Å². The second-order valence-electron chi connectivity index (χ2n) is 5.30. The molecule has 18 heavy (non-hydrogen) atoms. The summed E-state index contributed by atoms with van der Waals surface area (Å²) in [6.45, 7) is 5.02. The van der Waals surface area contributed by atoms with Crippen molar-refractivity contribution in [2.24, 2.45) is 0 Å². The van der Waals surface area contributed by atoms with E-state index in [9.17, 15) is 4.39 Å². The summed E-state index contributed by atoms with van der Waals surface area (Å²) in [6, 6.07) is 5.02. The van der Waals surface area contributed by atoms with Crippen molar-refractivity contribution >= 4 is 11.6 Å². The van der Waals surface area contributed by atoms with Gasteiger partial charge in [-0.3, -0.25) is 4.90 Å². The Morgan fingerprint density at radius 1 is 1.39 bits per heavy atom. The summed E-state index contributed by atoms with van der Waals surface area (Å²) in [5.74, 6) is -0.328. The Morgan fingerprint density at radius 3 is 2.67 bits per heavy atom. The Morgan fingerprint density at radius 2 is 2.06 bits per heavy atom. The van der Waals surface area contributed by atoms with Crippen LogP contribution in [0.4, 0.5) is 4.39 Å². The molecule has 1 fully saturated rings. The van der Waals surface area contributed by atoms with Crippen molar-refractivity contribution in [3.8, 4) is 0 Å². The smallest absolute Gasteiger partial charge is 0.142 e. The Balaban J connectivity index is 1.98. The lowest BCUT2D eigenvalue weighted by atomic mass is 9.90. The normalized spacial score (nSPS) is 20.0. The fraction of sp³-hybridized carbons (Fsp3) is 0.571. The van der Waals surface area contributed by atoms with E-state index in [1.165, 1.54) is 6.07 Å². The maximum absolute atomic E-state index is 13.4. The van der Waals surface area contributed by atoms with E-state index in [-0.39, 0.29) is 16.4 Å². The molecule has 0 atom stereocenters. The molecule has 100 valence electrons. The molecule has 0 aromatic heterocycles. The van der Waals surface area contributed by atoms with Crippen molar-refractivity contribution in [1.29, 1.82) is 0 Å². The lowest BCUT2D eigenvalue weighted by Crippen LogP contribution is -2.49. The van der Waals surface area contributed by atoms with Crippen LogP contribution in [0.15, 0.2) is 18.2 Å². The van der Waals surface area contributed by atoms with Gasteiger partial charge in [-0.15, -0.1) is 0 Å². The minimum Gasteiger partial charge on any atom is -0.314 e. The van der Waals surface area contributed by atoms with Gasteiger partial charge in [0.1, 0.15) is 5.82 Å². The average molecular weight is 271 g/mol. The van der Waals surface area contributed by atoms with Crippen LogP contribution in [0.1, 0.15) is 25.3 Å². The minimum absolute atomic E-state index is 0.238. The molecule has 4 heteroatoms. The quantitative estimate of drug-likeness (QED) is 0.908. The molecule has 0 radical (unpaired) electrons. The molecule has 0 aliphatic carbocycles. The summed E-state index contributed by atoms with van der Waals surface area (Å²) in [5.41, 5.74) is 1.12. The summed E-state index contributed by atoms with van der Waals surface area (Å²) in [6.07, 6.45) is 2.22. The van der Waals surface area contributed by atoms with E-state index in [1.54, 1.807) is 6.07 Å². The molecule has 0 saturated carbocycles. The number of halogens is 2. The highest BCUT2D eigenvalue weighted by Gasteiger charge is 2.28. The average Bonchev–Trinajstić information content (AvgIpc) is 2.38. The maximum atomic E-state index is 13.4. The van der Waals surface area contributed by atoms with Gasteiger partial charge in [0, 0.05) is 25.2 Å². The first-order valence-corrected chi connectivity index (χ1v) is 6.76. The lowest BCUT2D eigenvalue weighted by molar-refractivity contribution is 0.146. The topological polar surface area (TPSA) is 15.3 Å². The summed E-state index contributed by atoms with van der Waals surface area (Å²) < 4.78 is 13.4. The number of nitrogens with zero attached hydrogens (tertiary/aromatic N) is 1. The molecule has 2 rings (SSSR count). The molecule has 0 spiro atoms. The zero-order valence-electron chi connectivity index (χ0n) is 11.0. The molecule has 0 bridgehead atoms. The number of benzene rings is 1. The highest BCUT2D eigenvalue weighted by molar-refractivity contribution is 6.31. The second kappa shape index (κ2) is 5.55. The zero-order valence-corrected chi connectivity index (χ0v) is 11.7. The Kier molecular flexibility index (Phi) is 4.25. The van der Waals surface area contributed by atoms with Crippen LogP contribution in [-0.4, -0.2) is 30.6 Å². The largest absolute Gasteiger partial charge is 0.314 e. The van der Waals surface area contributed by atoms with Gasteiger partial charge in [0.05, 0.1) is 5.02 Å². The van der Waals surface area contributed by atoms with Gasteiger partial charge in [-0.2, -0.15) is 0 Å². The SMILES string of the molecule is CNC1(C)CCN(Cc2cccc(F)c2Cl)CC1. The first kappa shape index (κ1) is 13.8. The summed E-state index contributed by atoms with van der Waals surface area (Å²) >= 11 is 5.98. The van der Waals surface area contributed by atoms with Gasteiger partial charge in [-0.05, 0) is 38.4 Å². The molecule has 2 nitrogen and oxygen atoms in total. The number of piperidine rings is 1. The van der Waals surface area contributed by atoms with Crippen LogP contribution < -0.4 is 5.32 Å². The fourth-order valence-electron chi connectivity index (χ4n) is 2.37. The van der Waals surface area contributed by atoms with Crippen molar-refractivity contribution in [3.63, 3.8) is 0 Å². The summed E-state index contributed by atoms with van der Waals surface area (Å²) in [4.78, 5) is 2.33. The highest BCUT2D eigenvalue weighted by atomic mass is 35.5. The van der Waals surface area contributed by atoms with Crippen molar-refractivity contribution in [1.82, 2.24) is 10.2 Å². The predicted octanol–water partition coefficient (Wildman–Crippen LogP) is 3.05. The van der Waals surface area contributed by atoms with Crippen LogP contribution in [0.3, 0.4) is 0 Å². The molecular formula is C14H20ClFN2. The highest BCUT2D eigenvalue weighted by Crippen LogP contribution is 2.25. The number of hydrogen-bond donors (Lipinski definition) is 1. The van der Waals surface area contributed by atoms with Crippen LogP contribution in [0, 0.1) is 5.82 Å². The molecule has 0 amide bonds. The number of rotatable bonds is 3. The molecule has 1 aliphatic heterocycles. The maximum Gasteiger partial charge on any atom is 0.142 e. The third-order valence-corrected chi connectivity index (χ3v) is 4.41. The molecule has 1 aliphatic rings. The van der Waals surface area contributed by atoms with Gasteiger partial charge in [0.15, 0.2) is 0 Å². The minimum atomic E-state index is -0.328. The predicted molar refractivity (Wildman–Crippen MR) is 73.4 cm³/mol. The Hall–Kier alpha value is -0.640. The van der Waals surface area contributed by atoms with Crippen molar-refractivity contribution in [2.75, 3.05) is 20.1 Å². The Labute approximate surface area is 113 Å². The van der Waals surface area contributed by atoms with E-state index in [1.807, 2.05) is 13.1 Å². The molecule has 1 N–H and O–H groups in total. The molecule has 1 aromatic carbocycles. The Bertz CT molecular complexity index is 414. The van der Waals surface area contributed by atoms with Gasteiger partial charge in [0.2, 0.25) is 0 Å². The van der Waals surface area contributed by atoms with Gasteiger partial charge in [0.25, 0.3) is 0 Å². The fourth-order valence-corrected chi connectivity index (χ4v) is 2.55. The lowest BCUT2D eigenvalue weighted by Gasteiger charge is -2.39. The second-order valence-corrected chi connectivity index (χ2v) is 5.68. The summed E-state index contributed by atoms with van der Waals surface area (Å²) in [7, 11) is 2.01. The monoisotopic (exact) mass is 270 g/mol. The van der Waals surface area contributed by atoms with Crippen molar-refractivity contribution < 1.29 is 4.39 Å². The van der Waals surface area contributed by atoms with E-state index < -0.39 is 0 Å². The van der Waals surface area contributed by atoms with Gasteiger partial charge in [-0.25, -0.2) is 4.39 Å². The first-order chi connectivity index (χ1) is 8.54. The standard InChI is InChI=1S/C14H20ClFN2/c1-14(17-2)6-8-18(9-7-14)10-11-4-3-5-12(16)13(11)15/h3-5,17H,6-10H2,1-2H3. The van der Waals surface area contributed by atoms with E-state index in [0.29, 0.717) is 0 Å². The number of nitrogens with one attached hydrogen (secondary N) is 1. The van der Waals surface area contributed by atoms with Crippen molar-refractivity contribution in [2.45, 2.75) is 31.8 Å². The van der Waals surface area contributed by atoms with E-state index >= 15 is 0 Å². The van der Waals surface area contributed by atoms with Crippen LogP contribution in [-0.2, 0) is 6.54 Å². The molecule has 1 aromatic rings. The number of likely N-dealkylation sites (tertiary alicyclic amines) is 1. The first-order valence-electron chi connectivity index (χ1n) is 6.38. The third kappa shape index (κ3) is 3.02. The molecule has 1 saturated heterocycles.